The minimum absolute atomic E-state index is 0.683. The monoisotopic (exact) mass is 382 g/mol. The molecule has 0 aliphatic heterocycles. The minimum Gasteiger partial charge on any atom is -0.111 e. The van der Waals surface area contributed by atoms with Gasteiger partial charge in [0.1, 0.15) is 0 Å². The molecule has 2 unspecified atom stereocenters. The van der Waals surface area contributed by atoms with Crippen molar-refractivity contribution < 1.29 is 0 Å². The Morgan fingerprint density at radius 3 is 2.56 bits per heavy atom. The normalized spacial score (nSPS) is 16.2. The van der Waals surface area contributed by atoms with Crippen molar-refractivity contribution in [2.45, 2.75) is 38.2 Å². The number of benzene rings is 1. The number of hydrogen-bond donors (Lipinski definition) is 0. The minimum atomic E-state index is -1.31. The van der Waals surface area contributed by atoms with E-state index in [9.17, 15) is 0 Å². The Hall–Kier alpha value is 1.05. The van der Waals surface area contributed by atoms with Crippen molar-refractivity contribution in [3.05, 3.63) is 34.3 Å². The van der Waals surface area contributed by atoms with Crippen LogP contribution in [0.1, 0.15) is 32.8 Å². The molecule has 0 amide bonds. The summed E-state index contributed by atoms with van der Waals surface area (Å²) in [5, 5.41) is 0.683. The van der Waals surface area contributed by atoms with Gasteiger partial charge in [-0.1, -0.05) is 66.7 Å². The van der Waals surface area contributed by atoms with Crippen LogP contribution in [0.15, 0.2) is 28.7 Å². The van der Waals surface area contributed by atoms with Gasteiger partial charge in [0.15, 0.2) is 0 Å². The summed E-state index contributed by atoms with van der Waals surface area (Å²) in [4.78, 5) is 0. The summed E-state index contributed by atoms with van der Waals surface area (Å²) in [6.07, 6.45) is 2.34. The van der Waals surface area contributed by atoms with Crippen LogP contribution >= 0.6 is 43.1 Å². The molecule has 0 nitrogen and oxygen atoms in total. The zero-order valence-corrected chi connectivity index (χ0v) is 16.0. The van der Waals surface area contributed by atoms with Gasteiger partial charge >= 0.3 is 0 Å². The first kappa shape index (κ1) is 17.1. The summed E-state index contributed by atoms with van der Waals surface area (Å²) in [5.41, 5.74) is 1.36. The summed E-state index contributed by atoms with van der Waals surface area (Å²) in [5.74, 6) is 1.02. The van der Waals surface area contributed by atoms with Crippen LogP contribution in [0.5, 0.6) is 0 Å². The Morgan fingerprint density at radius 2 is 2.00 bits per heavy atom. The number of rotatable bonds is 7. The van der Waals surface area contributed by atoms with Crippen molar-refractivity contribution >= 4 is 54.9 Å². The topological polar surface area (TPSA) is 0 Å². The van der Waals surface area contributed by atoms with E-state index in [0.717, 1.165) is 11.9 Å². The molecular formula is C13H20BrPS3. The molecule has 0 spiro atoms. The number of hydrogen-bond acceptors (Lipinski definition) is 3. The fraction of sp³-hybridized carbons (Fsp3) is 0.538. The van der Waals surface area contributed by atoms with Crippen LogP contribution < -0.4 is 0 Å². The second-order valence-corrected chi connectivity index (χ2v) is 17.5. The molecule has 0 fully saturated rings. The maximum atomic E-state index is 5.91. The van der Waals surface area contributed by atoms with Gasteiger partial charge in [-0.05, 0) is 24.2 Å². The largest absolute Gasteiger partial charge is 0.111 e. The van der Waals surface area contributed by atoms with Crippen molar-refractivity contribution in [1.82, 2.24) is 0 Å². The van der Waals surface area contributed by atoms with Crippen LogP contribution in [0.3, 0.4) is 0 Å². The molecule has 102 valence electrons. The molecule has 0 saturated carbocycles. The first-order valence-corrected chi connectivity index (χ1v) is 13.0. The zero-order valence-electron chi connectivity index (χ0n) is 11.1. The van der Waals surface area contributed by atoms with E-state index >= 15 is 0 Å². The Bertz CT molecular complexity index is 422. The number of halogens is 1. The molecule has 0 aliphatic carbocycles. The summed E-state index contributed by atoms with van der Waals surface area (Å²) in [6, 6.07) is 8.44. The van der Waals surface area contributed by atoms with Crippen LogP contribution in [0.4, 0.5) is 0 Å². The summed E-state index contributed by atoms with van der Waals surface area (Å²) < 4.78 is -0.114. The third-order valence-electron chi connectivity index (χ3n) is 2.68. The third-order valence-corrected chi connectivity index (χ3v) is 15.5. The predicted molar refractivity (Wildman–Crippen MR) is 97.6 cm³/mol. The van der Waals surface area contributed by atoms with Crippen LogP contribution in [0.2, 0.25) is 0 Å². The van der Waals surface area contributed by atoms with Gasteiger partial charge in [0.2, 0.25) is 0 Å². The molecule has 0 N–H and O–H groups in total. The highest BCUT2D eigenvalue weighted by atomic mass is 79.9. The Kier molecular flexibility index (Phi) is 7.95. The van der Waals surface area contributed by atoms with Crippen LogP contribution in [-0.4, -0.2) is 11.4 Å². The van der Waals surface area contributed by atoms with Crippen molar-refractivity contribution in [3.8, 4) is 0 Å². The lowest BCUT2D eigenvalue weighted by Gasteiger charge is -2.22. The summed E-state index contributed by atoms with van der Waals surface area (Å²) in [7, 11) is 0. The highest BCUT2D eigenvalue weighted by Crippen LogP contribution is 2.71. The molecule has 0 radical (unpaired) electrons. The summed E-state index contributed by atoms with van der Waals surface area (Å²) >= 11 is 13.6. The van der Waals surface area contributed by atoms with Gasteiger partial charge in [-0.3, -0.25) is 0 Å². The molecule has 1 rings (SSSR count). The highest BCUT2D eigenvalue weighted by molar-refractivity contribution is 9.10. The first-order chi connectivity index (χ1) is 8.50. The molecule has 0 bridgehead atoms. The van der Waals surface area contributed by atoms with Gasteiger partial charge in [0, 0.05) is 15.5 Å². The van der Waals surface area contributed by atoms with Gasteiger partial charge in [0.05, 0.1) is 4.44 Å². The fourth-order valence-corrected chi connectivity index (χ4v) is 12.0. The molecular weight excluding hydrogens is 363 g/mol. The van der Waals surface area contributed by atoms with E-state index in [1.807, 2.05) is 22.8 Å². The van der Waals surface area contributed by atoms with Gasteiger partial charge in [0.25, 0.3) is 0 Å². The van der Waals surface area contributed by atoms with Gasteiger partial charge in [-0.25, -0.2) is 0 Å². The molecule has 18 heavy (non-hydrogen) atoms. The van der Waals surface area contributed by atoms with E-state index in [-0.39, 0.29) is 0 Å². The van der Waals surface area contributed by atoms with Crippen molar-refractivity contribution in [2.24, 2.45) is 0 Å². The van der Waals surface area contributed by atoms with E-state index in [0.29, 0.717) is 5.25 Å². The van der Waals surface area contributed by atoms with Crippen molar-refractivity contribution in [2.75, 3.05) is 6.16 Å². The zero-order chi connectivity index (χ0) is 13.6. The van der Waals surface area contributed by atoms with Crippen LogP contribution in [-0.2, 0) is 17.6 Å². The van der Waals surface area contributed by atoms with Crippen molar-refractivity contribution in [1.29, 1.82) is 0 Å². The van der Waals surface area contributed by atoms with Gasteiger partial charge < -0.3 is 0 Å². The molecule has 0 saturated heterocycles. The maximum absolute atomic E-state index is 5.91. The fourth-order valence-electron chi connectivity index (χ4n) is 1.33. The lowest BCUT2D eigenvalue weighted by Crippen LogP contribution is -1.92. The molecule has 0 aliphatic rings. The van der Waals surface area contributed by atoms with Crippen LogP contribution in [0, 0.1) is 0 Å². The van der Waals surface area contributed by atoms with E-state index < -0.39 is 4.44 Å². The van der Waals surface area contributed by atoms with Crippen LogP contribution in [0.25, 0.3) is 0 Å². The molecule has 0 aromatic heterocycles. The Morgan fingerprint density at radius 1 is 1.33 bits per heavy atom. The van der Waals surface area contributed by atoms with E-state index in [4.69, 9.17) is 11.8 Å². The lowest BCUT2D eigenvalue weighted by atomic mass is 10.2. The third kappa shape index (κ3) is 5.58. The molecule has 2 atom stereocenters. The first-order valence-electron chi connectivity index (χ1n) is 6.16. The quantitative estimate of drug-likeness (QED) is 0.491. The van der Waals surface area contributed by atoms with E-state index in [1.54, 1.807) is 0 Å². The van der Waals surface area contributed by atoms with Crippen molar-refractivity contribution in [3.63, 3.8) is 0 Å². The van der Waals surface area contributed by atoms with E-state index in [1.165, 1.54) is 16.5 Å². The second kappa shape index (κ2) is 8.36. The van der Waals surface area contributed by atoms with Gasteiger partial charge in [-0.2, -0.15) is 0 Å². The smallest absolute Gasteiger partial charge is 0.0575 e. The predicted octanol–water partition coefficient (Wildman–Crippen LogP) is 6.54. The molecule has 1 aromatic rings. The lowest BCUT2D eigenvalue weighted by molar-refractivity contribution is 0.912. The van der Waals surface area contributed by atoms with Gasteiger partial charge in [-0.15, -0.1) is 22.8 Å². The second-order valence-electron chi connectivity index (χ2n) is 4.12. The average Bonchev–Trinajstić information content (AvgIpc) is 2.37. The Labute approximate surface area is 133 Å². The molecule has 5 heteroatoms. The molecule has 0 heterocycles. The summed E-state index contributed by atoms with van der Waals surface area (Å²) in [6.45, 7) is 6.77. The SMILES string of the molecule is CCC(C)SP(=S)(CC)SCc1ccccc1Br. The maximum Gasteiger partial charge on any atom is 0.0575 e. The Balaban J connectivity index is 2.64. The molecule has 1 aromatic carbocycles. The average molecular weight is 383 g/mol. The van der Waals surface area contributed by atoms with E-state index in [2.05, 4.69) is 61.0 Å². The standard InChI is InChI=1S/C13H20BrPS3/c1-4-11(3)18-15(16,5-2)17-10-12-8-6-7-9-13(12)14/h6-9,11H,4-5,10H2,1-3H3. The highest BCUT2D eigenvalue weighted by Gasteiger charge is 2.19.